The Balaban J connectivity index is 2.02. The second kappa shape index (κ2) is 5.89. The fourth-order valence-corrected chi connectivity index (χ4v) is 2.28. The van der Waals surface area contributed by atoms with E-state index in [9.17, 15) is 9.59 Å². The monoisotopic (exact) mass is 279 g/mol. The van der Waals surface area contributed by atoms with Crippen LogP contribution in [0.5, 0.6) is 0 Å². The first-order valence-electron chi connectivity index (χ1n) is 6.05. The smallest absolute Gasteiger partial charge is 0.337 e. The second-order valence-electron chi connectivity index (χ2n) is 4.52. The van der Waals surface area contributed by atoms with E-state index in [1.807, 2.05) is 6.08 Å². The maximum atomic E-state index is 11.8. The Hall–Kier alpha value is -1.81. The average molecular weight is 280 g/mol. The van der Waals surface area contributed by atoms with Crippen LogP contribution in [-0.4, -0.2) is 17.0 Å². The van der Waals surface area contributed by atoms with Gasteiger partial charge in [0, 0.05) is 12.1 Å². The fourth-order valence-electron chi connectivity index (χ4n) is 2.08. The molecule has 1 aromatic rings. The predicted molar refractivity (Wildman–Crippen MR) is 73.5 cm³/mol. The van der Waals surface area contributed by atoms with Crippen molar-refractivity contribution in [3.63, 3.8) is 0 Å². The first kappa shape index (κ1) is 13.6. The molecule has 19 heavy (non-hydrogen) atoms. The zero-order valence-electron chi connectivity index (χ0n) is 10.2. The summed E-state index contributed by atoms with van der Waals surface area (Å²) in [4.78, 5) is 22.7. The Kier molecular flexibility index (Phi) is 4.22. The molecule has 1 aromatic carbocycles. The zero-order valence-corrected chi connectivity index (χ0v) is 11.0. The van der Waals surface area contributed by atoms with E-state index in [1.165, 1.54) is 12.1 Å². The van der Waals surface area contributed by atoms with Crippen molar-refractivity contribution >= 4 is 29.2 Å². The summed E-state index contributed by atoms with van der Waals surface area (Å²) in [5, 5.41) is 11.8. The van der Waals surface area contributed by atoms with Crippen LogP contribution >= 0.6 is 11.6 Å². The topological polar surface area (TPSA) is 66.4 Å². The largest absolute Gasteiger partial charge is 0.478 e. The van der Waals surface area contributed by atoms with Crippen LogP contribution < -0.4 is 5.32 Å². The molecule has 100 valence electrons. The first-order chi connectivity index (χ1) is 9.06. The van der Waals surface area contributed by atoms with Crippen LogP contribution in [-0.2, 0) is 4.79 Å². The quantitative estimate of drug-likeness (QED) is 0.831. The van der Waals surface area contributed by atoms with Gasteiger partial charge in [-0.05, 0) is 37.0 Å². The van der Waals surface area contributed by atoms with E-state index in [0.29, 0.717) is 12.1 Å². The lowest BCUT2D eigenvalue weighted by atomic mass is 10.0. The lowest BCUT2D eigenvalue weighted by Gasteiger charge is -2.09. The molecule has 1 unspecified atom stereocenters. The number of hydrogen-bond acceptors (Lipinski definition) is 2. The Morgan fingerprint density at radius 3 is 2.84 bits per heavy atom. The van der Waals surface area contributed by atoms with Gasteiger partial charge in [0.15, 0.2) is 0 Å². The molecule has 0 bridgehead atoms. The SMILES string of the molecule is O=C(CC1C=CCC1)Nc1ccc(Cl)c(C(=O)O)c1. The molecule has 1 aliphatic carbocycles. The summed E-state index contributed by atoms with van der Waals surface area (Å²) in [6.45, 7) is 0. The fraction of sp³-hybridized carbons (Fsp3) is 0.286. The lowest BCUT2D eigenvalue weighted by molar-refractivity contribution is -0.116. The number of carboxylic acid groups (broad SMARTS) is 1. The van der Waals surface area contributed by atoms with Crippen LogP contribution in [0.4, 0.5) is 5.69 Å². The summed E-state index contributed by atoms with van der Waals surface area (Å²) in [6, 6.07) is 4.43. The van der Waals surface area contributed by atoms with Crippen molar-refractivity contribution < 1.29 is 14.7 Å². The summed E-state index contributed by atoms with van der Waals surface area (Å²) >= 11 is 5.76. The van der Waals surface area contributed by atoms with Crippen molar-refractivity contribution in [3.8, 4) is 0 Å². The molecule has 1 amide bonds. The molecule has 1 aliphatic rings. The van der Waals surface area contributed by atoms with E-state index in [-0.39, 0.29) is 22.4 Å². The summed E-state index contributed by atoms with van der Waals surface area (Å²) in [6.07, 6.45) is 6.55. The molecule has 1 atom stereocenters. The minimum Gasteiger partial charge on any atom is -0.478 e. The van der Waals surface area contributed by atoms with Crippen LogP contribution in [0.3, 0.4) is 0 Å². The maximum Gasteiger partial charge on any atom is 0.337 e. The molecule has 0 radical (unpaired) electrons. The summed E-state index contributed by atoms with van der Waals surface area (Å²) in [5.74, 6) is -0.943. The van der Waals surface area contributed by atoms with E-state index in [2.05, 4.69) is 11.4 Å². The molecule has 5 heteroatoms. The number of carbonyl (C=O) groups excluding carboxylic acids is 1. The molecule has 0 aromatic heterocycles. The molecule has 4 nitrogen and oxygen atoms in total. The van der Waals surface area contributed by atoms with Crippen LogP contribution in [0, 0.1) is 5.92 Å². The van der Waals surface area contributed by atoms with Gasteiger partial charge < -0.3 is 10.4 Å². The van der Waals surface area contributed by atoms with Gasteiger partial charge in [-0.1, -0.05) is 23.8 Å². The molecule has 0 heterocycles. The Morgan fingerprint density at radius 1 is 1.42 bits per heavy atom. The lowest BCUT2D eigenvalue weighted by Crippen LogP contribution is -2.15. The van der Waals surface area contributed by atoms with Crippen molar-refractivity contribution in [1.82, 2.24) is 0 Å². The molecule has 0 aliphatic heterocycles. The van der Waals surface area contributed by atoms with Gasteiger partial charge >= 0.3 is 5.97 Å². The first-order valence-corrected chi connectivity index (χ1v) is 6.43. The van der Waals surface area contributed by atoms with Gasteiger partial charge in [-0.15, -0.1) is 0 Å². The van der Waals surface area contributed by atoms with Gasteiger partial charge in [0.25, 0.3) is 0 Å². The number of hydrogen-bond donors (Lipinski definition) is 2. The van der Waals surface area contributed by atoms with Crippen molar-refractivity contribution in [2.24, 2.45) is 5.92 Å². The van der Waals surface area contributed by atoms with Crippen LogP contribution in [0.25, 0.3) is 0 Å². The van der Waals surface area contributed by atoms with Crippen molar-refractivity contribution in [2.75, 3.05) is 5.32 Å². The normalized spacial score (nSPS) is 17.4. The minimum atomic E-state index is -1.11. The summed E-state index contributed by atoms with van der Waals surface area (Å²) in [5.41, 5.74) is 0.439. The highest BCUT2D eigenvalue weighted by molar-refractivity contribution is 6.33. The highest BCUT2D eigenvalue weighted by Crippen LogP contribution is 2.23. The maximum absolute atomic E-state index is 11.8. The molecule has 2 N–H and O–H groups in total. The van der Waals surface area contributed by atoms with Gasteiger partial charge in [0.1, 0.15) is 0 Å². The van der Waals surface area contributed by atoms with Crippen LogP contribution in [0.2, 0.25) is 5.02 Å². The number of allylic oxidation sites excluding steroid dienone is 2. The summed E-state index contributed by atoms with van der Waals surface area (Å²) < 4.78 is 0. The molecular formula is C14H14ClNO3. The highest BCUT2D eigenvalue weighted by Gasteiger charge is 2.15. The van der Waals surface area contributed by atoms with Gasteiger partial charge in [0.05, 0.1) is 10.6 Å². The van der Waals surface area contributed by atoms with E-state index >= 15 is 0 Å². The zero-order chi connectivity index (χ0) is 13.8. The minimum absolute atomic E-state index is 0.0137. The number of nitrogens with one attached hydrogen (secondary N) is 1. The molecular weight excluding hydrogens is 266 g/mol. The molecule has 0 saturated heterocycles. The van der Waals surface area contributed by atoms with Crippen molar-refractivity contribution in [1.29, 1.82) is 0 Å². The highest BCUT2D eigenvalue weighted by atomic mass is 35.5. The standard InChI is InChI=1S/C14H14ClNO3/c15-12-6-5-10(8-11(12)14(18)19)16-13(17)7-9-3-1-2-4-9/h1,3,5-6,8-9H,2,4,7H2,(H,16,17)(H,18,19). The Morgan fingerprint density at radius 2 is 2.21 bits per heavy atom. The Labute approximate surface area is 116 Å². The third-order valence-electron chi connectivity index (χ3n) is 3.04. The number of aromatic carboxylic acids is 1. The molecule has 0 fully saturated rings. The predicted octanol–water partition coefficient (Wildman–Crippen LogP) is 3.33. The van der Waals surface area contributed by atoms with Crippen molar-refractivity contribution in [3.05, 3.63) is 40.9 Å². The third-order valence-corrected chi connectivity index (χ3v) is 3.37. The van der Waals surface area contributed by atoms with E-state index in [0.717, 1.165) is 12.8 Å². The third kappa shape index (κ3) is 3.58. The van der Waals surface area contributed by atoms with E-state index in [4.69, 9.17) is 16.7 Å². The summed E-state index contributed by atoms with van der Waals surface area (Å²) in [7, 11) is 0. The number of carbonyl (C=O) groups is 2. The number of amides is 1. The van der Waals surface area contributed by atoms with Crippen LogP contribution in [0.1, 0.15) is 29.6 Å². The van der Waals surface area contributed by atoms with E-state index in [1.54, 1.807) is 6.07 Å². The Bertz CT molecular complexity index is 539. The average Bonchev–Trinajstić information content (AvgIpc) is 2.84. The molecule has 0 spiro atoms. The second-order valence-corrected chi connectivity index (χ2v) is 4.92. The van der Waals surface area contributed by atoms with Gasteiger partial charge in [-0.3, -0.25) is 4.79 Å². The number of halogens is 1. The van der Waals surface area contributed by atoms with Gasteiger partial charge in [0.2, 0.25) is 5.91 Å². The number of benzene rings is 1. The van der Waals surface area contributed by atoms with Crippen LogP contribution in [0.15, 0.2) is 30.4 Å². The van der Waals surface area contributed by atoms with Gasteiger partial charge in [-0.2, -0.15) is 0 Å². The van der Waals surface area contributed by atoms with E-state index < -0.39 is 5.97 Å². The number of rotatable bonds is 4. The molecule has 2 rings (SSSR count). The number of carboxylic acids is 1. The van der Waals surface area contributed by atoms with Gasteiger partial charge in [-0.25, -0.2) is 4.79 Å². The number of anilines is 1. The van der Waals surface area contributed by atoms with Crippen molar-refractivity contribution in [2.45, 2.75) is 19.3 Å². The molecule has 0 saturated carbocycles.